The number of carbonyl (C=O) groups is 2. The molecule has 4 aromatic carbocycles. The summed E-state index contributed by atoms with van der Waals surface area (Å²) in [4.78, 5) is 38.4. The van der Waals surface area contributed by atoms with Crippen LogP contribution in [0.2, 0.25) is 0 Å². The number of benzene rings is 4. The number of amides is 2. The maximum Gasteiger partial charge on any atom is 0.339 e. The monoisotopic (exact) mass is 826 g/mol. The molecule has 302 valence electrons. The van der Waals surface area contributed by atoms with Gasteiger partial charge in [0.25, 0.3) is 0 Å². The van der Waals surface area contributed by atoms with Crippen LogP contribution in [0.1, 0.15) is 51.9 Å². The number of hydrogen-bond donors (Lipinski definition) is 6. The molecule has 16 nitrogen and oxygen atoms in total. The van der Waals surface area contributed by atoms with Gasteiger partial charge in [0.15, 0.2) is 0 Å². The van der Waals surface area contributed by atoms with Crippen molar-refractivity contribution in [2.75, 3.05) is 27.8 Å². The van der Waals surface area contributed by atoms with Gasteiger partial charge in [0, 0.05) is 47.9 Å². The number of nitrogens with zero attached hydrogens (tertiary/aromatic N) is 2. The van der Waals surface area contributed by atoms with Gasteiger partial charge in [-0.3, -0.25) is 20.2 Å². The highest BCUT2D eigenvalue weighted by Gasteiger charge is 2.31. The van der Waals surface area contributed by atoms with Gasteiger partial charge < -0.3 is 29.0 Å². The second kappa shape index (κ2) is 16.0. The number of hydrogen-bond acceptors (Lipinski definition) is 12. The van der Waals surface area contributed by atoms with E-state index in [-0.39, 0.29) is 44.9 Å². The maximum atomic E-state index is 12.6. The average molecular weight is 827 g/mol. The highest BCUT2D eigenvalue weighted by Crippen LogP contribution is 2.32. The Morgan fingerprint density at radius 1 is 0.638 bits per heavy atom. The van der Waals surface area contributed by atoms with Crippen LogP contribution in [0.5, 0.6) is 11.5 Å². The lowest BCUT2D eigenvalue weighted by Crippen LogP contribution is -2.14. The van der Waals surface area contributed by atoms with Gasteiger partial charge >= 0.3 is 20.2 Å². The largest absolute Gasteiger partial charge is 0.385 e. The number of carbonyl (C=O) groups excluding carboxylic acids is 2. The Balaban J connectivity index is 0.000000162. The SMILES string of the molecule is CCCNc1ccc(S(=O)(=O)Oc2ccc3nc(NC(=O)C4CC4)[nH]c3c2)cc1.O=C(Nc1nc2ccc(OS(=O)(=O)c3ccc(NC4CC4)cc3)cc2[nH]1)C1CC1. The van der Waals surface area contributed by atoms with Gasteiger partial charge in [-0.25, -0.2) is 9.97 Å². The molecule has 3 aliphatic carbocycles. The molecule has 0 saturated heterocycles. The lowest BCUT2D eigenvalue weighted by Gasteiger charge is -2.09. The van der Waals surface area contributed by atoms with Crippen LogP contribution in [0.25, 0.3) is 22.1 Å². The van der Waals surface area contributed by atoms with E-state index in [0.717, 1.165) is 62.9 Å². The third-order valence-electron chi connectivity index (χ3n) is 9.51. The van der Waals surface area contributed by atoms with E-state index < -0.39 is 20.2 Å². The molecule has 58 heavy (non-hydrogen) atoms. The summed E-state index contributed by atoms with van der Waals surface area (Å²) in [6, 6.07) is 22.9. The third-order valence-corrected chi connectivity index (χ3v) is 12.0. The van der Waals surface area contributed by atoms with Crippen molar-refractivity contribution in [2.45, 2.75) is 67.7 Å². The van der Waals surface area contributed by atoms with Crippen LogP contribution in [0.4, 0.5) is 23.3 Å². The lowest BCUT2D eigenvalue weighted by atomic mass is 10.3. The van der Waals surface area contributed by atoms with Crippen LogP contribution in [-0.2, 0) is 29.8 Å². The van der Waals surface area contributed by atoms with Crippen LogP contribution < -0.4 is 29.6 Å². The molecule has 2 amide bonds. The minimum Gasteiger partial charge on any atom is -0.385 e. The first-order valence-electron chi connectivity index (χ1n) is 19.1. The quantitative estimate of drug-likeness (QED) is 0.0591. The first kappa shape index (κ1) is 38.7. The van der Waals surface area contributed by atoms with Crippen molar-refractivity contribution in [3.8, 4) is 11.5 Å². The molecule has 0 spiro atoms. The Bertz CT molecular complexity index is 2690. The highest BCUT2D eigenvalue weighted by atomic mass is 32.2. The molecule has 2 aromatic heterocycles. The molecule has 6 aromatic rings. The zero-order chi connectivity index (χ0) is 40.4. The van der Waals surface area contributed by atoms with E-state index in [0.29, 0.717) is 40.0 Å². The Labute approximate surface area is 334 Å². The molecule has 0 atom stereocenters. The minimum atomic E-state index is -3.97. The smallest absolute Gasteiger partial charge is 0.339 e. The van der Waals surface area contributed by atoms with Gasteiger partial charge in [0.1, 0.15) is 21.3 Å². The van der Waals surface area contributed by atoms with E-state index in [4.69, 9.17) is 8.37 Å². The summed E-state index contributed by atoms with van der Waals surface area (Å²) < 4.78 is 60.9. The summed E-state index contributed by atoms with van der Waals surface area (Å²) in [5.41, 5.74) is 4.11. The van der Waals surface area contributed by atoms with Crippen molar-refractivity contribution < 1.29 is 34.8 Å². The molecular weight excluding hydrogens is 785 g/mol. The molecule has 0 bridgehead atoms. The summed E-state index contributed by atoms with van der Waals surface area (Å²) in [6.45, 7) is 2.87. The number of imidazole rings is 2. The van der Waals surface area contributed by atoms with Gasteiger partial charge in [-0.05, 0) is 118 Å². The van der Waals surface area contributed by atoms with E-state index in [1.54, 1.807) is 48.5 Å². The van der Waals surface area contributed by atoms with Crippen molar-refractivity contribution in [1.82, 2.24) is 19.9 Å². The Hall–Kier alpha value is -6.14. The molecule has 0 aliphatic heterocycles. The molecule has 3 aliphatic rings. The van der Waals surface area contributed by atoms with Gasteiger partial charge in [-0.1, -0.05) is 6.92 Å². The molecule has 0 radical (unpaired) electrons. The van der Waals surface area contributed by atoms with Gasteiger partial charge in [0.05, 0.1) is 22.1 Å². The molecular formula is C40H42N8O8S2. The first-order chi connectivity index (χ1) is 27.9. The Morgan fingerprint density at radius 3 is 1.50 bits per heavy atom. The van der Waals surface area contributed by atoms with Crippen LogP contribution in [0.3, 0.4) is 0 Å². The molecule has 3 saturated carbocycles. The topological polar surface area (TPSA) is 226 Å². The molecule has 3 fully saturated rings. The predicted octanol–water partition coefficient (Wildman–Crippen LogP) is 6.75. The van der Waals surface area contributed by atoms with Gasteiger partial charge in [-0.15, -0.1) is 0 Å². The fourth-order valence-corrected chi connectivity index (χ4v) is 7.71. The van der Waals surface area contributed by atoms with Gasteiger partial charge in [0.2, 0.25) is 23.7 Å². The van der Waals surface area contributed by atoms with E-state index >= 15 is 0 Å². The summed E-state index contributed by atoms with van der Waals surface area (Å²) in [5.74, 6) is 1.04. The highest BCUT2D eigenvalue weighted by molar-refractivity contribution is 7.87. The molecule has 18 heteroatoms. The predicted molar refractivity (Wildman–Crippen MR) is 219 cm³/mol. The molecule has 9 rings (SSSR count). The fraction of sp³-hybridized carbons (Fsp3) is 0.300. The van der Waals surface area contributed by atoms with Crippen LogP contribution in [0.15, 0.2) is 94.7 Å². The number of fused-ring (bicyclic) bond motifs is 2. The lowest BCUT2D eigenvalue weighted by molar-refractivity contribution is -0.118. The minimum absolute atomic E-state index is 0.0530. The number of nitrogens with one attached hydrogen (secondary N) is 6. The average Bonchev–Trinajstić information content (AvgIpc) is 4.09. The van der Waals surface area contributed by atoms with Crippen LogP contribution in [0, 0.1) is 11.8 Å². The molecule has 6 N–H and O–H groups in total. The standard InChI is InChI=1S/C20H20N4O4S.C20H22N4O4S/c25-19(12-1-2-12)24-20-22-17-10-7-15(11-18(17)23-20)28-29(26,27)16-8-5-14(6-9-16)21-13-3-4-13;1-2-11-21-14-5-8-16(9-6-14)29(26,27)28-15-7-10-17-18(12-15)23-20(22-17)24-19(25)13-3-4-13/h5-13,21H,1-4H2,(H2,22,23,24,25);5-10,12-13,21H,2-4,11H2,1H3,(H2,22,23,24,25). The third kappa shape index (κ3) is 9.69. The van der Waals surface area contributed by atoms with E-state index in [1.807, 2.05) is 0 Å². The summed E-state index contributed by atoms with van der Waals surface area (Å²) in [6.07, 6.45) is 6.87. The Kier molecular flexibility index (Phi) is 10.7. The van der Waals surface area contributed by atoms with Crippen LogP contribution >= 0.6 is 0 Å². The molecule has 0 unspecified atom stereocenters. The van der Waals surface area contributed by atoms with E-state index in [1.165, 1.54) is 36.4 Å². The number of aromatic nitrogens is 4. The van der Waals surface area contributed by atoms with Gasteiger partial charge in [-0.2, -0.15) is 16.8 Å². The zero-order valence-corrected chi connectivity index (χ0v) is 33.1. The number of anilines is 4. The van der Waals surface area contributed by atoms with Crippen LogP contribution in [-0.4, -0.2) is 61.2 Å². The maximum absolute atomic E-state index is 12.6. The molecule has 2 heterocycles. The van der Waals surface area contributed by atoms with Crippen molar-refractivity contribution in [1.29, 1.82) is 0 Å². The number of rotatable bonds is 15. The fourth-order valence-electron chi connectivity index (χ4n) is 5.87. The number of aromatic amines is 2. The van der Waals surface area contributed by atoms with Crippen molar-refractivity contribution in [3.63, 3.8) is 0 Å². The summed E-state index contributed by atoms with van der Waals surface area (Å²) in [7, 11) is -7.92. The van der Waals surface area contributed by atoms with E-state index in [2.05, 4.69) is 48.1 Å². The summed E-state index contributed by atoms with van der Waals surface area (Å²) in [5, 5.41) is 12.0. The zero-order valence-electron chi connectivity index (χ0n) is 31.4. The second-order valence-electron chi connectivity index (χ2n) is 14.5. The van der Waals surface area contributed by atoms with Crippen molar-refractivity contribution in [3.05, 3.63) is 84.9 Å². The van der Waals surface area contributed by atoms with E-state index in [9.17, 15) is 26.4 Å². The normalized spacial score (nSPS) is 15.3. The second-order valence-corrected chi connectivity index (χ2v) is 17.6. The van der Waals surface area contributed by atoms with Crippen molar-refractivity contribution in [2.24, 2.45) is 11.8 Å². The van der Waals surface area contributed by atoms with Crippen molar-refractivity contribution >= 4 is 77.4 Å². The Morgan fingerprint density at radius 2 is 1.09 bits per heavy atom. The summed E-state index contributed by atoms with van der Waals surface area (Å²) >= 11 is 0. The number of H-pyrrole nitrogens is 2. The first-order valence-corrected chi connectivity index (χ1v) is 21.9.